The van der Waals surface area contributed by atoms with E-state index < -0.39 is 0 Å². The van der Waals surface area contributed by atoms with Gasteiger partial charge in [0.15, 0.2) is 5.96 Å². The third-order valence-corrected chi connectivity index (χ3v) is 4.18. The SMILES string of the molecule is CN=C(NCc1ccc(-n2ccnc2)c(F)c1)NCc1ncc(C(C)(C)C)o1. The predicted octanol–water partition coefficient (Wildman–Crippen LogP) is 3.16. The number of aliphatic imine (C=N–C) groups is 1. The molecule has 7 nitrogen and oxygen atoms in total. The minimum atomic E-state index is -0.310. The molecule has 0 amide bonds. The smallest absolute Gasteiger partial charge is 0.213 e. The molecule has 28 heavy (non-hydrogen) atoms. The lowest BCUT2D eigenvalue weighted by Gasteiger charge is -2.13. The lowest BCUT2D eigenvalue weighted by atomic mass is 9.94. The highest BCUT2D eigenvalue weighted by Crippen LogP contribution is 2.22. The van der Waals surface area contributed by atoms with Gasteiger partial charge in [-0.25, -0.2) is 14.4 Å². The van der Waals surface area contributed by atoms with Crippen LogP contribution in [0.25, 0.3) is 5.69 Å². The number of nitrogens with one attached hydrogen (secondary N) is 2. The van der Waals surface area contributed by atoms with Gasteiger partial charge in [0.25, 0.3) is 0 Å². The van der Waals surface area contributed by atoms with Crippen LogP contribution in [0.4, 0.5) is 4.39 Å². The van der Waals surface area contributed by atoms with Crippen LogP contribution in [0.3, 0.4) is 0 Å². The first-order valence-corrected chi connectivity index (χ1v) is 9.03. The van der Waals surface area contributed by atoms with Crippen molar-refractivity contribution in [2.75, 3.05) is 7.05 Å². The summed E-state index contributed by atoms with van der Waals surface area (Å²) in [5.41, 5.74) is 1.18. The second-order valence-electron chi connectivity index (χ2n) is 7.40. The number of nitrogens with zero attached hydrogens (tertiary/aromatic N) is 4. The van der Waals surface area contributed by atoms with E-state index in [1.165, 1.54) is 6.07 Å². The maximum Gasteiger partial charge on any atom is 0.213 e. The van der Waals surface area contributed by atoms with Gasteiger partial charge in [0, 0.05) is 31.4 Å². The lowest BCUT2D eigenvalue weighted by Crippen LogP contribution is -2.36. The summed E-state index contributed by atoms with van der Waals surface area (Å²) in [5.74, 6) is 1.69. The molecule has 3 aromatic rings. The third kappa shape index (κ3) is 4.76. The predicted molar refractivity (Wildman–Crippen MR) is 106 cm³/mol. The first-order chi connectivity index (χ1) is 13.4. The Morgan fingerprint density at radius 3 is 2.64 bits per heavy atom. The maximum absolute atomic E-state index is 14.3. The molecule has 0 radical (unpaired) electrons. The van der Waals surface area contributed by atoms with Gasteiger partial charge in [0.2, 0.25) is 5.89 Å². The summed E-state index contributed by atoms with van der Waals surface area (Å²) in [4.78, 5) is 12.4. The van der Waals surface area contributed by atoms with Crippen LogP contribution in [-0.2, 0) is 18.5 Å². The summed E-state index contributed by atoms with van der Waals surface area (Å²) < 4.78 is 21.7. The van der Waals surface area contributed by atoms with Gasteiger partial charge in [-0.3, -0.25) is 4.99 Å². The molecule has 0 spiro atoms. The molecule has 0 fully saturated rings. The van der Waals surface area contributed by atoms with Crippen molar-refractivity contribution in [1.82, 2.24) is 25.2 Å². The Morgan fingerprint density at radius 1 is 1.25 bits per heavy atom. The van der Waals surface area contributed by atoms with Gasteiger partial charge in [-0.2, -0.15) is 0 Å². The molecule has 0 saturated heterocycles. The zero-order chi connectivity index (χ0) is 20.1. The van der Waals surface area contributed by atoms with Crippen molar-refractivity contribution in [3.63, 3.8) is 0 Å². The number of halogens is 1. The number of oxazole rings is 1. The molecular formula is C20H25FN6O. The summed E-state index contributed by atoms with van der Waals surface area (Å²) in [6.07, 6.45) is 6.63. The van der Waals surface area contributed by atoms with Crippen LogP contribution < -0.4 is 10.6 Å². The molecule has 1 aromatic carbocycles. The molecule has 3 rings (SSSR count). The van der Waals surface area contributed by atoms with Crippen LogP contribution in [0.15, 0.2) is 52.5 Å². The summed E-state index contributed by atoms with van der Waals surface area (Å²) >= 11 is 0. The molecule has 0 saturated carbocycles. The zero-order valence-corrected chi connectivity index (χ0v) is 16.5. The number of imidazole rings is 1. The zero-order valence-electron chi connectivity index (χ0n) is 16.5. The molecule has 8 heteroatoms. The molecule has 2 N–H and O–H groups in total. The summed E-state index contributed by atoms with van der Waals surface area (Å²) in [6, 6.07) is 5.09. The fourth-order valence-corrected chi connectivity index (χ4v) is 2.58. The highest BCUT2D eigenvalue weighted by atomic mass is 19.1. The van der Waals surface area contributed by atoms with Gasteiger partial charge in [0.05, 0.1) is 24.8 Å². The summed E-state index contributed by atoms with van der Waals surface area (Å²) in [7, 11) is 1.67. The maximum atomic E-state index is 14.3. The molecule has 0 aliphatic carbocycles. The quantitative estimate of drug-likeness (QED) is 0.522. The van der Waals surface area contributed by atoms with Crippen molar-refractivity contribution < 1.29 is 8.81 Å². The minimum Gasteiger partial charge on any atom is -0.443 e. The molecule has 2 aromatic heterocycles. The van der Waals surface area contributed by atoms with Gasteiger partial charge in [-0.05, 0) is 17.7 Å². The second-order valence-corrected chi connectivity index (χ2v) is 7.40. The first-order valence-electron chi connectivity index (χ1n) is 9.03. The highest BCUT2D eigenvalue weighted by Gasteiger charge is 2.19. The van der Waals surface area contributed by atoms with Crippen LogP contribution in [0.1, 0.15) is 38.0 Å². The Labute approximate surface area is 163 Å². The van der Waals surface area contributed by atoms with Gasteiger partial charge in [-0.1, -0.05) is 26.8 Å². The standard InChI is InChI=1S/C20H25FN6O/c1-20(2,3)17-11-24-18(28-17)12-26-19(22-4)25-10-14-5-6-16(15(21)9-14)27-8-7-23-13-27/h5-9,11,13H,10,12H2,1-4H3,(H2,22,25,26). The van der Waals surface area contributed by atoms with E-state index in [1.54, 1.807) is 42.6 Å². The molecule has 0 unspecified atom stereocenters. The molecule has 0 atom stereocenters. The van der Waals surface area contributed by atoms with Gasteiger partial charge in [0.1, 0.15) is 11.6 Å². The van der Waals surface area contributed by atoms with Crippen molar-refractivity contribution in [2.45, 2.75) is 39.3 Å². The van der Waals surface area contributed by atoms with E-state index >= 15 is 0 Å². The average Bonchev–Trinajstić information content (AvgIpc) is 3.33. The first kappa shape index (κ1) is 19.6. The van der Waals surface area contributed by atoms with Crippen molar-refractivity contribution in [3.05, 3.63) is 66.1 Å². The van der Waals surface area contributed by atoms with E-state index in [1.807, 2.05) is 6.07 Å². The van der Waals surface area contributed by atoms with Crippen LogP contribution >= 0.6 is 0 Å². The Balaban J connectivity index is 1.55. The molecule has 0 aliphatic heterocycles. The number of benzene rings is 1. The van der Waals surface area contributed by atoms with Crippen LogP contribution in [0.5, 0.6) is 0 Å². The van der Waals surface area contributed by atoms with E-state index in [4.69, 9.17) is 4.42 Å². The Kier molecular flexibility index (Phi) is 5.77. The summed E-state index contributed by atoms with van der Waals surface area (Å²) in [6.45, 7) is 7.05. The number of hydrogen-bond donors (Lipinski definition) is 2. The Hall–Kier alpha value is -3.16. The normalized spacial score (nSPS) is 12.2. The fourth-order valence-electron chi connectivity index (χ4n) is 2.58. The van der Waals surface area contributed by atoms with Gasteiger partial charge in [-0.15, -0.1) is 0 Å². The monoisotopic (exact) mass is 384 g/mol. The molecular weight excluding hydrogens is 359 g/mol. The van der Waals surface area contributed by atoms with E-state index in [2.05, 4.69) is 46.4 Å². The van der Waals surface area contributed by atoms with E-state index in [0.29, 0.717) is 30.6 Å². The van der Waals surface area contributed by atoms with Gasteiger partial charge < -0.3 is 19.6 Å². The molecule has 148 valence electrons. The summed E-state index contributed by atoms with van der Waals surface area (Å²) in [5, 5.41) is 6.30. The van der Waals surface area contributed by atoms with Crippen LogP contribution in [0, 0.1) is 5.82 Å². The number of aromatic nitrogens is 3. The Bertz CT molecular complexity index is 940. The number of hydrogen-bond acceptors (Lipinski definition) is 4. The van der Waals surface area contributed by atoms with E-state index in [9.17, 15) is 4.39 Å². The molecule has 0 bridgehead atoms. The van der Waals surface area contributed by atoms with Crippen molar-refractivity contribution >= 4 is 5.96 Å². The van der Waals surface area contributed by atoms with Crippen LogP contribution in [-0.4, -0.2) is 27.5 Å². The lowest BCUT2D eigenvalue weighted by molar-refractivity contribution is 0.379. The van der Waals surface area contributed by atoms with E-state index in [0.717, 1.165) is 11.3 Å². The highest BCUT2D eigenvalue weighted by molar-refractivity contribution is 5.79. The average molecular weight is 384 g/mol. The van der Waals surface area contributed by atoms with E-state index in [-0.39, 0.29) is 11.2 Å². The van der Waals surface area contributed by atoms with Crippen molar-refractivity contribution in [1.29, 1.82) is 0 Å². The second kappa shape index (κ2) is 8.24. The fraction of sp³-hybridized carbons (Fsp3) is 0.350. The van der Waals surface area contributed by atoms with Crippen molar-refractivity contribution in [3.8, 4) is 5.69 Å². The number of rotatable bonds is 5. The number of guanidine groups is 1. The topological polar surface area (TPSA) is 80.3 Å². The largest absolute Gasteiger partial charge is 0.443 e. The third-order valence-electron chi connectivity index (χ3n) is 4.18. The molecule has 0 aliphatic rings. The molecule has 2 heterocycles. The minimum absolute atomic E-state index is 0.0852. The van der Waals surface area contributed by atoms with Crippen LogP contribution in [0.2, 0.25) is 0 Å². The van der Waals surface area contributed by atoms with Gasteiger partial charge >= 0.3 is 0 Å². The Morgan fingerprint density at radius 2 is 2.04 bits per heavy atom. The van der Waals surface area contributed by atoms with Crippen molar-refractivity contribution in [2.24, 2.45) is 4.99 Å².